The highest BCUT2D eigenvalue weighted by atomic mass is 32.2. The van der Waals surface area contributed by atoms with E-state index in [1.54, 1.807) is 30.1 Å². The van der Waals surface area contributed by atoms with E-state index >= 15 is 0 Å². The molecule has 2 heterocycles. The van der Waals surface area contributed by atoms with Crippen LogP contribution in [0, 0.1) is 0 Å². The van der Waals surface area contributed by atoms with Crippen molar-refractivity contribution in [3.8, 4) is 0 Å². The van der Waals surface area contributed by atoms with E-state index in [1.165, 1.54) is 5.56 Å². The zero-order valence-corrected chi connectivity index (χ0v) is 20.2. The van der Waals surface area contributed by atoms with Crippen molar-refractivity contribution in [2.45, 2.75) is 44.4 Å². The second-order valence-electron chi connectivity index (χ2n) is 6.28. The number of rotatable bonds is 7. The van der Waals surface area contributed by atoms with Gasteiger partial charge in [-0.2, -0.15) is 0 Å². The van der Waals surface area contributed by atoms with Crippen molar-refractivity contribution < 1.29 is 14.3 Å². The van der Waals surface area contributed by atoms with Crippen LogP contribution in [0.25, 0.3) is 0 Å². The monoisotopic (exact) mass is 458 g/mol. The van der Waals surface area contributed by atoms with E-state index in [4.69, 9.17) is 15.2 Å². The van der Waals surface area contributed by atoms with Gasteiger partial charge in [0.2, 0.25) is 6.41 Å². The number of nitrogens with one attached hydrogen (secondary N) is 2. The SMILES string of the molecule is C/C=C(\C=C1\OCOC1C)NC=O.CC.CNc1cccc(CSc2cnccc2N)c1. The van der Waals surface area contributed by atoms with E-state index in [-0.39, 0.29) is 12.9 Å². The highest BCUT2D eigenvalue weighted by Gasteiger charge is 2.18. The Kier molecular flexibility index (Phi) is 13.3. The Morgan fingerprint density at radius 2 is 2.12 bits per heavy atom. The van der Waals surface area contributed by atoms with Crippen LogP contribution < -0.4 is 16.4 Å². The van der Waals surface area contributed by atoms with Gasteiger partial charge >= 0.3 is 0 Å². The Morgan fingerprint density at radius 3 is 2.72 bits per heavy atom. The Bertz CT molecular complexity index is 887. The number of carbonyl (C=O) groups excluding carboxylic acids is 1. The number of nitrogens with zero attached hydrogens (tertiary/aromatic N) is 1. The number of anilines is 2. The molecule has 1 aliphatic heterocycles. The van der Waals surface area contributed by atoms with Gasteiger partial charge in [-0.25, -0.2) is 0 Å². The summed E-state index contributed by atoms with van der Waals surface area (Å²) in [5.41, 5.74) is 9.76. The molecule has 1 unspecified atom stereocenters. The number of amides is 1. The molecule has 7 nitrogen and oxygen atoms in total. The van der Waals surface area contributed by atoms with Gasteiger partial charge in [0.25, 0.3) is 0 Å². The summed E-state index contributed by atoms with van der Waals surface area (Å²) in [6, 6.07) is 10.2. The zero-order chi connectivity index (χ0) is 23.8. The number of aromatic nitrogens is 1. The van der Waals surface area contributed by atoms with Gasteiger partial charge in [0.1, 0.15) is 11.9 Å². The number of allylic oxidation sites excluding steroid dienone is 2. The summed E-state index contributed by atoms with van der Waals surface area (Å²) in [7, 11) is 1.92. The van der Waals surface area contributed by atoms with Crippen LogP contribution in [0.3, 0.4) is 0 Å². The second kappa shape index (κ2) is 15.8. The Morgan fingerprint density at radius 1 is 1.34 bits per heavy atom. The Balaban J connectivity index is 0.000000307. The summed E-state index contributed by atoms with van der Waals surface area (Å²) in [4.78, 5) is 15.3. The van der Waals surface area contributed by atoms with Crippen LogP contribution in [0.2, 0.25) is 0 Å². The Labute approximate surface area is 195 Å². The van der Waals surface area contributed by atoms with E-state index < -0.39 is 0 Å². The molecule has 1 saturated heterocycles. The minimum absolute atomic E-state index is 0.0385. The van der Waals surface area contributed by atoms with Crippen molar-refractivity contribution in [1.82, 2.24) is 10.3 Å². The molecule has 0 radical (unpaired) electrons. The minimum Gasteiger partial charge on any atom is -0.469 e. The van der Waals surface area contributed by atoms with Crippen LogP contribution in [-0.4, -0.2) is 31.3 Å². The molecule has 1 aromatic carbocycles. The minimum atomic E-state index is -0.0385. The molecule has 8 heteroatoms. The summed E-state index contributed by atoms with van der Waals surface area (Å²) in [5.74, 6) is 1.63. The number of thioether (sulfide) groups is 1. The molecular weight excluding hydrogens is 424 g/mol. The molecular formula is C24H34N4O3S. The van der Waals surface area contributed by atoms with E-state index in [2.05, 4.69) is 27.8 Å². The lowest BCUT2D eigenvalue weighted by atomic mass is 10.2. The van der Waals surface area contributed by atoms with Crippen LogP contribution in [0.1, 0.15) is 33.3 Å². The molecule has 4 N–H and O–H groups in total. The number of hydrogen-bond donors (Lipinski definition) is 3. The van der Waals surface area contributed by atoms with Crippen molar-refractivity contribution in [2.24, 2.45) is 0 Å². The maximum atomic E-state index is 10.2. The highest BCUT2D eigenvalue weighted by molar-refractivity contribution is 7.98. The summed E-state index contributed by atoms with van der Waals surface area (Å²) in [6.07, 6.45) is 7.65. The van der Waals surface area contributed by atoms with Gasteiger partial charge < -0.3 is 25.8 Å². The number of hydrogen-bond acceptors (Lipinski definition) is 7. The lowest BCUT2D eigenvalue weighted by molar-refractivity contribution is -0.108. The third-order valence-electron chi connectivity index (χ3n) is 4.21. The predicted molar refractivity (Wildman–Crippen MR) is 133 cm³/mol. The van der Waals surface area contributed by atoms with Crippen LogP contribution >= 0.6 is 11.8 Å². The molecule has 2 aromatic rings. The van der Waals surface area contributed by atoms with E-state index in [0.717, 1.165) is 27.8 Å². The van der Waals surface area contributed by atoms with Gasteiger partial charge in [0, 0.05) is 53.2 Å². The summed E-state index contributed by atoms with van der Waals surface area (Å²) in [6.45, 7) is 8.02. The average Bonchev–Trinajstić information content (AvgIpc) is 3.24. The van der Waals surface area contributed by atoms with Crippen LogP contribution in [0.5, 0.6) is 0 Å². The molecule has 3 rings (SSSR count). The molecule has 1 amide bonds. The first-order valence-corrected chi connectivity index (χ1v) is 11.5. The fourth-order valence-electron chi connectivity index (χ4n) is 2.48. The zero-order valence-electron chi connectivity index (χ0n) is 19.4. The number of benzene rings is 1. The first-order valence-electron chi connectivity index (χ1n) is 10.5. The summed E-state index contributed by atoms with van der Waals surface area (Å²) >= 11 is 1.70. The van der Waals surface area contributed by atoms with Crippen molar-refractivity contribution in [1.29, 1.82) is 0 Å². The first-order chi connectivity index (χ1) is 15.6. The Hall–Kier alpha value is -2.97. The van der Waals surface area contributed by atoms with Gasteiger partial charge in [0.15, 0.2) is 6.79 Å². The molecule has 1 fully saturated rings. The van der Waals surface area contributed by atoms with Gasteiger partial charge in [0.05, 0.1) is 0 Å². The number of pyridine rings is 1. The van der Waals surface area contributed by atoms with Crippen LogP contribution in [0.15, 0.2) is 71.2 Å². The van der Waals surface area contributed by atoms with E-state index in [1.807, 2.05) is 59.1 Å². The summed E-state index contributed by atoms with van der Waals surface area (Å²) < 4.78 is 10.3. The largest absolute Gasteiger partial charge is 0.469 e. The van der Waals surface area contributed by atoms with E-state index in [9.17, 15) is 4.79 Å². The first kappa shape index (κ1) is 27.1. The molecule has 0 aliphatic carbocycles. The molecule has 1 atom stereocenters. The van der Waals surface area contributed by atoms with Crippen LogP contribution in [0.4, 0.5) is 11.4 Å². The van der Waals surface area contributed by atoms with E-state index in [0.29, 0.717) is 12.1 Å². The number of nitrogen functional groups attached to an aromatic ring is 1. The summed E-state index contributed by atoms with van der Waals surface area (Å²) in [5, 5.41) is 5.68. The maximum Gasteiger partial charge on any atom is 0.211 e. The lowest BCUT2D eigenvalue weighted by Crippen LogP contribution is -2.10. The molecule has 32 heavy (non-hydrogen) atoms. The number of nitrogens with two attached hydrogens (primary N) is 1. The quantitative estimate of drug-likeness (QED) is 0.399. The van der Waals surface area contributed by atoms with Crippen molar-refractivity contribution >= 4 is 29.5 Å². The smallest absolute Gasteiger partial charge is 0.211 e. The normalized spacial score (nSPS) is 16.1. The molecule has 1 aromatic heterocycles. The molecule has 174 valence electrons. The lowest BCUT2D eigenvalue weighted by Gasteiger charge is -2.06. The molecule has 0 spiro atoms. The van der Waals surface area contributed by atoms with Gasteiger partial charge in [-0.1, -0.05) is 32.1 Å². The molecule has 1 aliphatic rings. The van der Waals surface area contributed by atoms with Crippen molar-refractivity contribution in [2.75, 3.05) is 24.9 Å². The average molecular weight is 459 g/mol. The third kappa shape index (κ3) is 9.45. The highest BCUT2D eigenvalue weighted by Crippen LogP contribution is 2.27. The number of ether oxygens (including phenoxy) is 2. The molecule has 0 bridgehead atoms. The van der Waals surface area contributed by atoms with Gasteiger partial charge in [-0.15, -0.1) is 11.8 Å². The number of carbonyl (C=O) groups is 1. The fourth-order valence-corrected chi connectivity index (χ4v) is 3.35. The van der Waals surface area contributed by atoms with Crippen LogP contribution in [-0.2, 0) is 20.0 Å². The third-order valence-corrected chi connectivity index (χ3v) is 5.33. The second-order valence-corrected chi connectivity index (χ2v) is 7.29. The standard InChI is InChI=1S/C13H15N3S.C9H13NO3.C2H6/c1-15-11-4-2-3-10(7-11)9-17-13-8-16-6-5-12(13)14;1-3-8(10-5-11)4-9-7(2)12-6-13-9;1-2/h2-8,15H,9H2,1H3,(H2,14,16);3-5,7H,6H2,1-2H3,(H,10,11);1-2H3/b;8-3+,9-4+;. The van der Waals surface area contributed by atoms with Gasteiger partial charge in [-0.05, 0) is 37.6 Å². The molecule has 0 saturated carbocycles. The predicted octanol–water partition coefficient (Wildman–Crippen LogP) is 4.94. The topological polar surface area (TPSA) is 98.5 Å². The fraction of sp³-hybridized carbons (Fsp3) is 0.333. The maximum absolute atomic E-state index is 10.2. The van der Waals surface area contributed by atoms with Gasteiger partial charge in [-0.3, -0.25) is 9.78 Å². The van der Waals surface area contributed by atoms with Crippen molar-refractivity contribution in [3.05, 3.63) is 71.9 Å². The van der Waals surface area contributed by atoms with Crippen molar-refractivity contribution in [3.63, 3.8) is 0 Å².